The number of ether oxygens (including phenoxy) is 1. The van der Waals surface area contributed by atoms with Crippen molar-refractivity contribution in [1.82, 2.24) is 0 Å². The molecule has 1 aromatic rings. The van der Waals surface area contributed by atoms with Crippen molar-refractivity contribution in [2.24, 2.45) is 0 Å². The van der Waals surface area contributed by atoms with Crippen LogP contribution in [0.15, 0.2) is 18.2 Å². The number of fused-ring (bicyclic) bond motifs is 1. The smallest absolute Gasteiger partial charge is 0.146 e. The van der Waals surface area contributed by atoms with Gasteiger partial charge < -0.3 is 10.1 Å². The lowest BCUT2D eigenvalue weighted by Crippen LogP contribution is -2.45. The molecule has 0 saturated heterocycles. The molecule has 0 amide bonds. The van der Waals surface area contributed by atoms with Gasteiger partial charge in [0.25, 0.3) is 0 Å². The van der Waals surface area contributed by atoms with Gasteiger partial charge in [0.2, 0.25) is 0 Å². The minimum Gasteiger partial charge on any atom is -0.382 e. The van der Waals surface area contributed by atoms with E-state index in [0.29, 0.717) is 12.3 Å². The Hall–Kier alpha value is -1.09. The quantitative estimate of drug-likeness (QED) is 0.850. The molecule has 0 spiro atoms. The summed E-state index contributed by atoms with van der Waals surface area (Å²) in [6.45, 7) is 2.73. The van der Waals surface area contributed by atoms with Crippen LogP contribution in [0.4, 0.5) is 10.1 Å². The summed E-state index contributed by atoms with van der Waals surface area (Å²) in [5, 5.41) is 3.33. The van der Waals surface area contributed by atoms with E-state index in [0.717, 1.165) is 24.8 Å². The third-order valence-corrected chi connectivity index (χ3v) is 3.46. The third-order valence-electron chi connectivity index (χ3n) is 3.46. The number of aryl methyl sites for hydroxylation is 1. The van der Waals surface area contributed by atoms with Gasteiger partial charge in [0.1, 0.15) is 5.82 Å². The Morgan fingerprint density at radius 2 is 2.31 bits per heavy atom. The Morgan fingerprint density at radius 3 is 3.00 bits per heavy atom. The summed E-state index contributed by atoms with van der Waals surface area (Å²) >= 11 is 0. The lowest BCUT2D eigenvalue weighted by molar-refractivity contribution is 0.133. The summed E-state index contributed by atoms with van der Waals surface area (Å²) in [6, 6.07) is 5.26. The molecule has 0 saturated carbocycles. The molecule has 1 unspecified atom stereocenters. The largest absolute Gasteiger partial charge is 0.382 e. The SMILES string of the molecule is CCC1(COC)CCc2cccc(F)c2N1. The van der Waals surface area contributed by atoms with E-state index in [1.807, 2.05) is 6.07 Å². The van der Waals surface area contributed by atoms with Gasteiger partial charge >= 0.3 is 0 Å². The Balaban J connectivity index is 2.31. The highest BCUT2D eigenvalue weighted by Gasteiger charge is 2.33. The summed E-state index contributed by atoms with van der Waals surface area (Å²) in [7, 11) is 1.69. The predicted molar refractivity (Wildman–Crippen MR) is 63.2 cm³/mol. The number of nitrogens with one attached hydrogen (secondary N) is 1. The van der Waals surface area contributed by atoms with E-state index < -0.39 is 0 Å². The van der Waals surface area contributed by atoms with Crippen molar-refractivity contribution in [1.29, 1.82) is 0 Å². The van der Waals surface area contributed by atoms with Crippen LogP contribution in [0.2, 0.25) is 0 Å². The van der Waals surface area contributed by atoms with Crippen molar-refractivity contribution in [3.05, 3.63) is 29.6 Å². The second kappa shape index (κ2) is 4.42. The second-order valence-electron chi connectivity index (χ2n) is 4.47. The standard InChI is InChI=1S/C13H18FNO/c1-3-13(9-16-2)8-7-10-5-4-6-11(14)12(10)15-13/h4-6,15H,3,7-9H2,1-2H3. The molecule has 0 radical (unpaired) electrons. The maximum Gasteiger partial charge on any atom is 0.146 e. The normalized spacial score (nSPS) is 23.7. The summed E-state index contributed by atoms with van der Waals surface area (Å²) in [5.74, 6) is -0.161. The van der Waals surface area contributed by atoms with Crippen molar-refractivity contribution in [2.45, 2.75) is 31.7 Å². The molecule has 1 aromatic carbocycles. The fourth-order valence-corrected chi connectivity index (χ4v) is 2.37. The first-order chi connectivity index (χ1) is 7.71. The Bertz CT molecular complexity index is 380. The van der Waals surface area contributed by atoms with E-state index in [2.05, 4.69) is 12.2 Å². The number of benzene rings is 1. The zero-order chi connectivity index (χ0) is 11.6. The molecular weight excluding hydrogens is 205 g/mol. The van der Waals surface area contributed by atoms with Gasteiger partial charge in [-0.2, -0.15) is 0 Å². The number of halogens is 1. The van der Waals surface area contributed by atoms with Gasteiger partial charge in [-0.15, -0.1) is 0 Å². The average molecular weight is 223 g/mol. The molecule has 88 valence electrons. The molecule has 1 heterocycles. The number of para-hydroxylation sites is 1. The number of rotatable bonds is 3. The summed E-state index contributed by atoms with van der Waals surface area (Å²) in [5.41, 5.74) is 1.62. The first kappa shape index (κ1) is 11.4. The molecule has 2 nitrogen and oxygen atoms in total. The topological polar surface area (TPSA) is 21.3 Å². The van der Waals surface area contributed by atoms with Gasteiger partial charge in [-0.05, 0) is 30.9 Å². The minimum absolute atomic E-state index is 0.107. The maximum atomic E-state index is 13.7. The fourth-order valence-electron chi connectivity index (χ4n) is 2.37. The Kier molecular flexibility index (Phi) is 3.15. The lowest BCUT2D eigenvalue weighted by atomic mass is 9.84. The highest BCUT2D eigenvalue weighted by Crippen LogP contribution is 2.34. The number of hydrogen-bond donors (Lipinski definition) is 1. The average Bonchev–Trinajstić information content (AvgIpc) is 2.31. The molecule has 0 fully saturated rings. The van der Waals surface area contributed by atoms with Crippen molar-refractivity contribution in [3.8, 4) is 0 Å². The Labute approximate surface area is 95.8 Å². The van der Waals surface area contributed by atoms with Crippen LogP contribution in [0.25, 0.3) is 0 Å². The lowest BCUT2D eigenvalue weighted by Gasteiger charge is -2.39. The molecule has 1 aliphatic heterocycles. The van der Waals surface area contributed by atoms with E-state index in [1.54, 1.807) is 13.2 Å². The first-order valence-corrected chi connectivity index (χ1v) is 5.75. The van der Waals surface area contributed by atoms with Gasteiger partial charge in [-0.1, -0.05) is 19.1 Å². The van der Waals surface area contributed by atoms with Crippen LogP contribution >= 0.6 is 0 Å². The minimum atomic E-state index is -0.161. The zero-order valence-electron chi connectivity index (χ0n) is 9.85. The van der Waals surface area contributed by atoms with Crippen molar-refractivity contribution in [2.75, 3.05) is 19.0 Å². The predicted octanol–water partition coefficient (Wildman–Crippen LogP) is 2.98. The molecule has 0 bridgehead atoms. The summed E-state index contributed by atoms with van der Waals surface area (Å²) in [6.07, 6.45) is 2.85. The van der Waals surface area contributed by atoms with Crippen molar-refractivity contribution in [3.63, 3.8) is 0 Å². The fraction of sp³-hybridized carbons (Fsp3) is 0.538. The molecule has 0 aliphatic carbocycles. The summed E-state index contributed by atoms with van der Waals surface area (Å²) in [4.78, 5) is 0. The van der Waals surface area contributed by atoms with Crippen LogP contribution in [0, 0.1) is 5.82 Å². The maximum absolute atomic E-state index is 13.7. The van der Waals surface area contributed by atoms with E-state index in [1.165, 1.54) is 6.07 Å². The van der Waals surface area contributed by atoms with E-state index >= 15 is 0 Å². The van der Waals surface area contributed by atoms with Crippen LogP contribution in [-0.4, -0.2) is 19.3 Å². The monoisotopic (exact) mass is 223 g/mol. The second-order valence-corrected chi connectivity index (χ2v) is 4.47. The van der Waals surface area contributed by atoms with Crippen LogP contribution < -0.4 is 5.32 Å². The van der Waals surface area contributed by atoms with Crippen LogP contribution in [-0.2, 0) is 11.2 Å². The first-order valence-electron chi connectivity index (χ1n) is 5.75. The molecule has 1 aliphatic rings. The molecule has 16 heavy (non-hydrogen) atoms. The molecule has 2 rings (SSSR count). The van der Waals surface area contributed by atoms with Gasteiger partial charge in [-0.3, -0.25) is 0 Å². The van der Waals surface area contributed by atoms with E-state index in [-0.39, 0.29) is 11.4 Å². The number of anilines is 1. The van der Waals surface area contributed by atoms with Gasteiger partial charge in [-0.25, -0.2) is 4.39 Å². The zero-order valence-corrected chi connectivity index (χ0v) is 9.85. The third kappa shape index (κ3) is 1.92. The van der Waals surface area contributed by atoms with Gasteiger partial charge in [0.15, 0.2) is 0 Å². The van der Waals surface area contributed by atoms with Crippen LogP contribution in [0.1, 0.15) is 25.3 Å². The number of methoxy groups -OCH3 is 1. The molecule has 0 aromatic heterocycles. The van der Waals surface area contributed by atoms with Crippen molar-refractivity contribution < 1.29 is 9.13 Å². The van der Waals surface area contributed by atoms with E-state index in [4.69, 9.17) is 4.74 Å². The highest BCUT2D eigenvalue weighted by molar-refractivity contribution is 5.56. The van der Waals surface area contributed by atoms with Crippen LogP contribution in [0.3, 0.4) is 0 Å². The summed E-state index contributed by atoms with van der Waals surface area (Å²) < 4.78 is 18.9. The Morgan fingerprint density at radius 1 is 1.50 bits per heavy atom. The van der Waals surface area contributed by atoms with Gasteiger partial charge in [0.05, 0.1) is 17.8 Å². The van der Waals surface area contributed by atoms with Crippen LogP contribution in [0.5, 0.6) is 0 Å². The van der Waals surface area contributed by atoms with Crippen molar-refractivity contribution >= 4 is 5.69 Å². The molecule has 3 heteroatoms. The molecule has 1 atom stereocenters. The van der Waals surface area contributed by atoms with Gasteiger partial charge in [0, 0.05) is 7.11 Å². The molecule has 1 N–H and O–H groups in total. The van der Waals surface area contributed by atoms with E-state index in [9.17, 15) is 4.39 Å². The molecular formula is C13H18FNO. The number of hydrogen-bond acceptors (Lipinski definition) is 2. The highest BCUT2D eigenvalue weighted by atomic mass is 19.1.